The molecular weight excluding hydrogens is 276 g/mol. The summed E-state index contributed by atoms with van der Waals surface area (Å²) in [6.45, 7) is 4.81. The number of carbonyl (C=O) groups excluding carboxylic acids is 1. The second-order valence-corrected chi connectivity index (χ2v) is 5.81. The van der Waals surface area contributed by atoms with Crippen LogP contribution in [0.15, 0.2) is 6.33 Å². The monoisotopic (exact) mass is 296 g/mol. The van der Waals surface area contributed by atoms with Crippen LogP contribution in [-0.2, 0) is 4.79 Å². The lowest BCUT2D eigenvalue weighted by atomic mass is 10.1. The van der Waals surface area contributed by atoms with Gasteiger partial charge >= 0.3 is 0 Å². The summed E-state index contributed by atoms with van der Waals surface area (Å²) in [4.78, 5) is 19.8. The molecule has 110 valence electrons. The van der Waals surface area contributed by atoms with Crippen LogP contribution in [-0.4, -0.2) is 28.5 Å². The van der Waals surface area contributed by atoms with Gasteiger partial charge in [-0.1, -0.05) is 25.4 Å². The number of rotatable bonds is 7. The molecule has 0 unspecified atom stereocenters. The fraction of sp³-hybridized carbons (Fsp3) is 0.643. The lowest BCUT2D eigenvalue weighted by Gasteiger charge is -2.14. The van der Waals surface area contributed by atoms with Gasteiger partial charge in [0.15, 0.2) is 0 Å². The Morgan fingerprint density at radius 1 is 1.45 bits per heavy atom. The summed E-state index contributed by atoms with van der Waals surface area (Å²) in [7, 11) is 0. The van der Waals surface area contributed by atoms with Gasteiger partial charge in [0.1, 0.15) is 17.3 Å². The minimum Gasteiger partial charge on any atom is -0.370 e. The zero-order valence-electron chi connectivity index (χ0n) is 11.9. The largest absolute Gasteiger partial charge is 0.370 e. The highest BCUT2D eigenvalue weighted by Crippen LogP contribution is 2.27. The molecule has 1 aromatic heterocycles. The van der Waals surface area contributed by atoms with Crippen LogP contribution in [0.3, 0.4) is 0 Å². The number of halogens is 1. The first kappa shape index (κ1) is 15.0. The fourth-order valence-electron chi connectivity index (χ4n) is 2.01. The SMILES string of the molecule is CC(C)c1c(Cl)ncnc1NCCCC(=O)NC1CC1. The normalized spacial score (nSPS) is 14.4. The average molecular weight is 297 g/mol. The van der Waals surface area contributed by atoms with Crippen LogP contribution < -0.4 is 10.6 Å². The molecule has 0 aliphatic heterocycles. The molecule has 5 nitrogen and oxygen atoms in total. The van der Waals surface area contributed by atoms with Crippen molar-refractivity contribution in [3.05, 3.63) is 17.0 Å². The van der Waals surface area contributed by atoms with Crippen molar-refractivity contribution in [2.75, 3.05) is 11.9 Å². The molecule has 20 heavy (non-hydrogen) atoms. The number of amides is 1. The van der Waals surface area contributed by atoms with Gasteiger partial charge in [-0.05, 0) is 25.2 Å². The Hall–Kier alpha value is -1.36. The van der Waals surface area contributed by atoms with E-state index in [0.29, 0.717) is 24.2 Å². The minimum atomic E-state index is 0.138. The summed E-state index contributed by atoms with van der Waals surface area (Å²) in [6, 6.07) is 0.434. The molecule has 1 aliphatic carbocycles. The van der Waals surface area contributed by atoms with E-state index in [2.05, 4.69) is 34.4 Å². The van der Waals surface area contributed by atoms with E-state index in [9.17, 15) is 4.79 Å². The van der Waals surface area contributed by atoms with Gasteiger partial charge in [0.05, 0.1) is 0 Å². The second-order valence-electron chi connectivity index (χ2n) is 5.45. The van der Waals surface area contributed by atoms with Gasteiger partial charge in [0, 0.05) is 24.6 Å². The maximum Gasteiger partial charge on any atom is 0.220 e. The number of carbonyl (C=O) groups is 1. The van der Waals surface area contributed by atoms with Crippen LogP contribution in [0, 0.1) is 0 Å². The summed E-state index contributed by atoms with van der Waals surface area (Å²) in [5, 5.41) is 6.71. The molecule has 1 heterocycles. The van der Waals surface area contributed by atoms with Gasteiger partial charge in [-0.2, -0.15) is 0 Å². The Labute approximate surface area is 124 Å². The predicted octanol–water partition coefficient (Wildman–Crippen LogP) is 2.72. The molecule has 1 amide bonds. The molecule has 0 spiro atoms. The third-order valence-corrected chi connectivity index (χ3v) is 3.53. The van der Waals surface area contributed by atoms with Crippen molar-refractivity contribution >= 4 is 23.3 Å². The second kappa shape index (κ2) is 6.88. The molecule has 1 saturated carbocycles. The van der Waals surface area contributed by atoms with Gasteiger partial charge in [-0.3, -0.25) is 4.79 Å². The number of aromatic nitrogens is 2. The Balaban J connectivity index is 1.78. The molecule has 0 saturated heterocycles. The van der Waals surface area contributed by atoms with E-state index in [1.54, 1.807) is 0 Å². The smallest absolute Gasteiger partial charge is 0.220 e. The Bertz CT molecular complexity index is 474. The maximum atomic E-state index is 11.5. The quantitative estimate of drug-likeness (QED) is 0.600. The van der Waals surface area contributed by atoms with Gasteiger partial charge in [-0.25, -0.2) is 9.97 Å². The van der Waals surface area contributed by atoms with Gasteiger partial charge < -0.3 is 10.6 Å². The number of nitrogens with one attached hydrogen (secondary N) is 2. The molecular formula is C14H21ClN4O. The van der Waals surface area contributed by atoms with E-state index >= 15 is 0 Å². The topological polar surface area (TPSA) is 66.9 Å². The van der Waals surface area contributed by atoms with Crippen molar-refractivity contribution in [2.45, 2.75) is 51.5 Å². The molecule has 0 aromatic carbocycles. The van der Waals surface area contributed by atoms with Gasteiger partial charge in [0.25, 0.3) is 0 Å². The molecule has 1 fully saturated rings. The van der Waals surface area contributed by atoms with E-state index in [0.717, 1.165) is 30.6 Å². The number of nitrogens with zero attached hydrogens (tertiary/aromatic N) is 2. The van der Waals surface area contributed by atoms with Crippen molar-refractivity contribution in [1.29, 1.82) is 0 Å². The molecule has 2 rings (SSSR count). The Kier molecular flexibility index (Phi) is 5.17. The third-order valence-electron chi connectivity index (χ3n) is 3.23. The van der Waals surface area contributed by atoms with Crippen LogP contribution in [0.2, 0.25) is 5.15 Å². The Morgan fingerprint density at radius 3 is 2.85 bits per heavy atom. The van der Waals surface area contributed by atoms with Gasteiger partial charge in [0.2, 0.25) is 5.91 Å². The highest BCUT2D eigenvalue weighted by atomic mass is 35.5. The highest BCUT2D eigenvalue weighted by Gasteiger charge is 2.22. The van der Waals surface area contributed by atoms with E-state index in [1.807, 2.05) is 0 Å². The molecule has 0 radical (unpaired) electrons. The van der Waals surface area contributed by atoms with Crippen molar-refractivity contribution in [3.63, 3.8) is 0 Å². The summed E-state index contributed by atoms with van der Waals surface area (Å²) < 4.78 is 0. The van der Waals surface area contributed by atoms with Crippen molar-refractivity contribution < 1.29 is 4.79 Å². The number of hydrogen-bond donors (Lipinski definition) is 2. The molecule has 1 aliphatic rings. The molecule has 0 atom stereocenters. The lowest BCUT2D eigenvalue weighted by Crippen LogP contribution is -2.25. The van der Waals surface area contributed by atoms with Crippen LogP contribution in [0.25, 0.3) is 0 Å². The standard InChI is InChI=1S/C14H21ClN4O/c1-9(2)12-13(15)17-8-18-14(12)16-7-3-4-11(20)19-10-5-6-10/h8-10H,3-7H2,1-2H3,(H,19,20)(H,16,17,18). The zero-order valence-corrected chi connectivity index (χ0v) is 12.7. The van der Waals surface area contributed by atoms with Crippen LogP contribution >= 0.6 is 11.6 Å². The molecule has 6 heteroatoms. The maximum absolute atomic E-state index is 11.5. The van der Waals surface area contributed by atoms with Crippen molar-refractivity contribution in [2.24, 2.45) is 0 Å². The van der Waals surface area contributed by atoms with E-state index in [4.69, 9.17) is 11.6 Å². The van der Waals surface area contributed by atoms with Gasteiger partial charge in [-0.15, -0.1) is 0 Å². The minimum absolute atomic E-state index is 0.138. The first-order valence-electron chi connectivity index (χ1n) is 7.11. The van der Waals surface area contributed by atoms with E-state index < -0.39 is 0 Å². The van der Waals surface area contributed by atoms with E-state index in [-0.39, 0.29) is 11.8 Å². The van der Waals surface area contributed by atoms with Crippen molar-refractivity contribution in [3.8, 4) is 0 Å². The Morgan fingerprint density at radius 2 is 2.20 bits per heavy atom. The number of anilines is 1. The summed E-state index contributed by atoms with van der Waals surface area (Å²) in [5.41, 5.74) is 0.927. The summed E-state index contributed by atoms with van der Waals surface area (Å²) >= 11 is 6.10. The first-order valence-corrected chi connectivity index (χ1v) is 7.49. The lowest BCUT2D eigenvalue weighted by molar-refractivity contribution is -0.121. The molecule has 1 aromatic rings. The van der Waals surface area contributed by atoms with Crippen LogP contribution in [0.5, 0.6) is 0 Å². The average Bonchev–Trinajstić information content (AvgIpc) is 3.18. The highest BCUT2D eigenvalue weighted by molar-refractivity contribution is 6.30. The zero-order chi connectivity index (χ0) is 14.5. The van der Waals surface area contributed by atoms with E-state index in [1.165, 1.54) is 6.33 Å². The first-order chi connectivity index (χ1) is 9.58. The predicted molar refractivity (Wildman–Crippen MR) is 80.0 cm³/mol. The van der Waals surface area contributed by atoms with Crippen LogP contribution in [0.4, 0.5) is 5.82 Å². The molecule has 2 N–H and O–H groups in total. The van der Waals surface area contributed by atoms with Crippen molar-refractivity contribution in [1.82, 2.24) is 15.3 Å². The fourth-order valence-corrected chi connectivity index (χ4v) is 2.36. The molecule has 0 bridgehead atoms. The number of hydrogen-bond acceptors (Lipinski definition) is 4. The summed E-state index contributed by atoms with van der Waals surface area (Å²) in [5.74, 6) is 1.16. The summed E-state index contributed by atoms with van der Waals surface area (Å²) in [6.07, 6.45) is 5.02. The third kappa shape index (κ3) is 4.34. The van der Waals surface area contributed by atoms with Crippen LogP contribution in [0.1, 0.15) is 51.0 Å².